The van der Waals surface area contributed by atoms with Crippen molar-refractivity contribution in [3.63, 3.8) is 0 Å². The van der Waals surface area contributed by atoms with Crippen molar-refractivity contribution in [2.45, 2.75) is 0 Å². The molecule has 2 rings (SSSR count). The molecule has 1 heterocycles. The minimum absolute atomic E-state index is 0.0273. The number of piperazine rings is 1. The van der Waals surface area contributed by atoms with Crippen molar-refractivity contribution in [1.29, 1.82) is 0 Å². The fraction of sp³-hybridized carbons (Fsp3) is 0.500. The topological polar surface area (TPSA) is 59.1 Å². The number of carbonyl (C=O) groups excluding carboxylic acids is 2. The molecule has 6 nitrogen and oxygen atoms in total. The fourth-order valence-electron chi connectivity index (χ4n) is 2.36. The van der Waals surface area contributed by atoms with Crippen molar-refractivity contribution in [3.8, 4) is 0 Å². The minimum atomic E-state index is -1.05. The molecule has 0 radical (unpaired) electrons. The normalized spacial score (nSPS) is 14.8. The van der Waals surface area contributed by atoms with Crippen LogP contribution in [0.4, 0.5) is 8.78 Å². The van der Waals surface area contributed by atoms with Gasteiger partial charge in [0.25, 0.3) is 5.91 Å². The van der Waals surface area contributed by atoms with Crippen LogP contribution in [0.1, 0.15) is 10.4 Å². The average Bonchev–Trinajstić information content (AvgIpc) is 2.60. The number of hydrogen-bond donors (Lipinski definition) is 0. The molecule has 0 spiro atoms. The van der Waals surface area contributed by atoms with E-state index in [0.717, 1.165) is 12.1 Å². The van der Waals surface area contributed by atoms with Gasteiger partial charge in [0, 0.05) is 38.9 Å². The van der Waals surface area contributed by atoms with E-state index in [9.17, 15) is 18.4 Å². The summed E-state index contributed by atoms with van der Waals surface area (Å²) < 4.78 is 36.2. The molecule has 0 bridgehead atoms. The Morgan fingerprint density at radius 2 is 1.71 bits per heavy atom. The SMILES string of the molecule is COCCOCC(=O)N1CCN(C(=O)c2ccc(F)c(F)c2)CC1. The number of nitrogens with zero attached hydrogens (tertiary/aromatic N) is 2. The molecule has 0 saturated carbocycles. The Labute approximate surface area is 138 Å². The number of benzene rings is 1. The summed E-state index contributed by atoms with van der Waals surface area (Å²) in [4.78, 5) is 27.4. The number of halogens is 2. The highest BCUT2D eigenvalue weighted by atomic mass is 19.2. The summed E-state index contributed by atoms with van der Waals surface area (Å²) in [5.74, 6) is -2.57. The van der Waals surface area contributed by atoms with Crippen LogP contribution in [0.15, 0.2) is 18.2 Å². The predicted octanol–water partition coefficient (Wildman–Crippen LogP) is 0.912. The lowest BCUT2D eigenvalue weighted by molar-refractivity contribution is -0.138. The molecule has 1 aromatic rings. The summed E-state index contributed by atoms with van der Waals surface area (Å²) in [5, 5.41) is 0. The van der Waals surface area contributed by atoms with Gasteiger partial charge in [0.1, 0.15) is 6.61 Å². The summed E-state index contributed by atoms with van der Waals surface area (Å²) in [5.41, 5.74) is 0.0941. The maximum absolute atomic E-state index is 13.2. The smallest absolute Gasteiger partial charge is 0.254 e. The Balaban J connectivity index is 1.82. The number of ether oxygens (including phenoxy) is 2. The fourth-order valence-corrected chi connectivity index (χ4v) is 2.36. The van der Waals surface area contributed by atoms with Gasteiger partial charge in [0.05, 0.1) is 13.2 Å². The first-order valence-corrected chi connectivity index (χ1v) is 7.61. The Hall–Kier alpha value is -2.06. The Bertz CT molecular complexity index is 589. The monoisotopic (exact) mass is 342 g/mol. The van der Waals surface area contributed by atoms with Gasteiger partial charge in [0.15, 0.2) is 11.6 Å². The van der Waals surface area contributed by atoms with Crippen molar-refractivity contribution < 1.29 is 27.8 Å². The van der Waals surface area contributed by atoms with E-state index >= 15 is 0 Å². The zero-order chi connectivity index (χ0) is 17.5. The molecular weight excluding hydrogens is 322 g/mol. The molecule has 0 aliphatic carbocycles. The van der Waals surface area contributed by atoms with Crippen molar-refractivity contribution >= 4 is 11.8 Å². The van der Waals surface area contributed by atoms with E-state index < -0.39 is 11.6 Å². The van der Waals surface area contributed by atoms with Crippen LogP contribution in [0.2, 0.25) is 0 Å². The van der Waals surface area contributed by atoms with Crippen molar-refractivity contribution in [3.05, 3.63) is 35.4 Å². The Kier molecular flexibility index (Phi) is 6.62. The molecule has 0 unspecified atom stereocenters. The third-order valence-corrected chi connectivity index (χ3v) is 3.74. The molecular formula is C16H20F2N2O4. The van der Waals surface area contributed by atoms with E-state index in [-0.39, 0.29) is 24.0 Å². The Morgan fingerprint density at radius 3 is 2.33 bits per heavy atom. The molecule has 0 N–H and O–H groups in total. The number of methoxy groups -OCH3 is 1. The van der Waals surface area contributed by atoms with Gasteiger partial charge in [-0.25, -0.2) is 8.78 Å². The molecule has 132 valence electrons. The van der Waals surface area contributed by atoms with E-state index in [4.69, 9.17) is 9.47 Å². The van der Waals surface area contributed by atoms with Gasteiger partial charge in [-0.15, -0.1) is 0 Å². The van der Waals surface area contributed by atoms with Gasteiger partial charge in [-0.05, 0) is 18.2 Å². The minimum Gasteiger partial charge on any atom is -0.382 e. The van der Waals surface area contributed by atoms with E-state index in [0.29, 0.717) is 39.4 Å². The largest absolute Gasteiger partial charge is 0.382 e. The lowest BCUT2D eigenvalue weighted by Gasteiger charge is -2.34. The molecule has 1 saturated heterocycles. The van der Waals surface area contributed by atoms with Crippen LogP contribution in [-0.4, -0.2) is 74.7 Å². The number of hydrogen-bond acceptors (Lipinski definition) is 4. The number of amides is 2. The van der Waals surface area contributed by atoms with Crippen LogP contribution < -0.4 is 0 Å². The first kappa shape index (κ1) is 18.3. The summed E-state index contributed by atoms with van der Waals surface area (Å²) in [6.07, 6.45) is 0. The van der Waals surface area contributed by atoms with Crippen molar-refractivity contribution in [1.82, 2.24) is 9.80 Å². The van der Waals surface area contributed by atoms with Gasteiger partial charge in [-0.3, -0.25) is 9.59 Å². The molecule has 1 aliphatic rings. The third-order valence-electron chi connectivity index (χ3n) is 3.74. The summed E-state index contributed by atoms with van der Waals surface area (Å²) in [6, 6.07) is 3.07. The molecule has 2 amide bonds. The zero-order valence-corrected chi connectivity index (χ0v) is 13.5. The third kappa shape index (κ3) is 4.72. The standard InChI is InChI=1S/C16H20F2N2O4/c1-23-8-9-24-11-15(21)19-4-6-20(7-5-19)16(22)12-2-3-13(17)14(18)10-12/h2-3,10H,4-9,11H2,1H3. The molecule has 1 aliphatic heterocycles. The second-order valence-corrected chi connectivity index (χ2v) is 5.35. The van der Waals surface area contributed by atoms with E-state index in [1.807, 2.05) is 0 Å². The molecule has 24 heavy (non-hydrogen) atoms. The maximum atomic E-state index is 13.2. The van der Waals surface area contributed by atoms with Crippen LogP contribution in [0.25, 0.3) is 0 Å². The number of carbonyl (C=O) groups is 2. The zero-order valence-electron chi connectivity index (χ0n) is 13.5. The van der Waals surface area contributed by atoms with E-state index in [1.165, 1.54) is 11.0 Å². The van der Waals surface area contributed by atoms with Crippen LogP contribution in [0.3, 0.4) is 0 Å². The van der Waals surface area contributed by atoms with Crippen LogP contribution in [0.5, 0.6) is 0 Å². The molecule has 1 aromatic carbocycles. The van der Waals surface area contributed by atoms with Crippen molar-refractivity contribution in [2.75, 3.05) is 53.1 Å². The molecule has 0 aromatic heterocycles. The van der Waals surface area contributed by atoms with Crippen LogP contribution in [0, 0.1) is 11.6 Å². The van der Waals surface area contributed by atoms with Crippen LogP contribution in [-0.2, 0) is 14.3 Å². The van der Waals surface area contributed by atoms with E-state index in [1.54, 1.807) is 12.0 Å². The maximum Gasteiger partial charge on any atom is 0.254 e. The number of rotatable bonds is 6. The highest BCUT2D eigenvalue weighted by molar-refractivity contribution is 5.94. The Morgan fingerprint density at radius 1 is 1.04 bits per heavy atom. The second-order valence-electron chi connectivity index (χ2n) is 5.35. The molecule has 0 atom stereocenters. The molecule has 8 heteroatoms. The lowest BCUT2D eigenvalue weighted by atomic mass is 10.1. The van der Waals surface area contributed by atoms with Gasteiger partial charge in [0.2, 0.25) is 5.91 Å². The highest BCUT2D eigenvalue weighted by Gasteiger charge is 2.25. The van der Waals surface area contributed by atoms with Gasteiger partial charge in [-0.1, -0.05) is 0 Å². The first-order valence-electron chi connectivity index (χ1n) is 7.61. The average molecular weight is 342 g/mol. The van der Waals surface area contributed by atoms with Gasteiger partial charge in [-0.2, -0.15) is 0 Å². The summed E-state index contributed by atoms with van der Waals surface area (Å²) >= 11 is 0. The first-order chi connectivity index (χ1) is 11.5. The van der Waals surface area contributed by atoms with Crippen molar-refractivity contribution in [2.24, 2.45) is 0 Å². The van der Waals surface area contributed by atoms with Gasteiger partial charge < -0.3 is 19.3 Å². The second kappa shape index (κ2) is 8.70. The lowest BCUT2D eigenvalue weighted by Crippen LogP contribution is -2.51. The summed E-state index contributed by atoms with van der Waals surface area (Å²) in [7, 11) is 1.55. The predicted molar refractivity (Wildman–Crippen MR) is 81.5 cm³/mol. The highest BCUT2D eigenvalue weighted by Crippen LogP contribution is 2.13. The quantitative estimate of drug-likeness (QED) is 0.721. The van der Waals surface area contributed by atoms with Gasteiger partial charge >= 0.3 is 0 Å². The molecule has 1 fully saturated rings. The van der Waals surface area contributed by atoms with Crippen LogP contribution >= 0.6 is 0 Å². The van der Waals surface area contributed by atoms with E-state index in [2.05, 4.69) is 0 Å². The summed E-state index contributed by atoms with van der Waals surface area (Å²) in [6.45, 7) is 2.16.